The summed E-state index contributed by atoms with van der Waals surface area (Å²) in [7, 11) is 1.63. The van der Waals surface area contributed by atoms with Gasteiger partial charge in [-0.05, 0) is 12.1 Å². The van der Waals surface area contributed by atoms with Crippen LogP contribution in [-0.2, 0) is 11.8 Å². The minimum atomic E-state index is -1.32. The average Bonchev–Trinajstić information content (AvgIpc) is 2.51. The molecule has 22 heavy (non-hydrogen) atoms. The lowest BCUT2D eigenvalue weighted by Gasteiger charge is -2.29. The van der Waals surface area contributed by atoms with E-state index < -0.39 is 17.2 Å². The predicted octanol–water partition coefficient (Wildman–Crippen LogP) is 1.21. The summed E-state index contributed by atoms with van der Waals surface area (Å²) in [6.45, 7) is 2.19. The van der Waals surface area contributed by atoms with Gasteiger partial charge in [0.25, 0.3) is 0 Å². The number of benzene rings is 1. The molecule has 2 aromatic rings. The zero-order chi connectivity index (χ0) is 15.9. The molecule has 2 heterocycles. The van der Waals surface area contributed by atoms with Crippen LogP contribution in [0.5, 0.6) is 0 Å². The fourth-order valence-electron chi connectivity index (χ4n) is 2.69. The van der Waals surface area contributed by atoms with E-state index in [0.29, 0.717) is 37.5 Å². The molecule has 0 unspecified atom stereocenters. The van der Waals surface area contributed by atoms with Crippen LogP contribution in [0.15, 0.2) is 23.1 Å². The van der Waals surface area contributed by atoms with Crippen molar-refractivity contribution in [1.82, 2.24) is 4.57 Å². The van der Waals surface area contributed by atoms with Gasteiger partial charge in [0.15, 0.2) is 0 Å². The highest BCUT2D eigenvalue weighted by atomic mass is 19.1. The van der Waals surface area contributed by atoms with E-state index in [9.17, 15) is 14.0 Å². The Hall–Kier alpha value is -2.41. The summed E-state index contributed by atoms with van der Waals surface area (Å²) in [4.78, 5) is 25.1. The predicted molar refractivity (Wildman–Crippen MR) is 79.1 cm³/mol. The highest BCUT2D eigenvalue weighted by Gasteiger charge is 2.19. The van der Waals surface area contributed by atoms with Gasteiger partial charge in [-0.1, -0.05) is 0 Å². The van der Waals surface area contributed by atoms with Crippen LogP contribution < -0.4 is 10.3 Å². The van der Waals surface area contributed by atoms with Crippen LogP contribution in [0.3, 0.4) is 0 Å². The maximum Gasteiger partial charge on any atom is 0.341 e. The third kappa shape index (κ3) is 2.33. The SMILES string of the molecule is Cn1cc(C(=O)O)c(=O)c2cc(F)c(N3CCOCC3)cc21. The first-order chi connectivity index (χ1) is 10.5. The van der Waals surface area contributed by atoms with Gasteiger partial charge in [-0.2, -0.15) is 0 Å². The molecule has 0 aliphatic carbocycles. The molecule has 116 valence electrons. The van der Waals surface area contributed by atoms with Gasteiger partial charge in [0.05, 0.1) is 24.4 Å². The van der Waals surface area contributed by atoms with Crippen molar-refractivity contribution < 1.29 is 19.0 Å². The van der Waals surface area contributed by atoms with Crippen LogP contribution in [0.2, 0.25) is 0 Å². The van der Waals surface area contributed by atoms with Crippen molar-refractivity contribution in [1.29, 1.82) is 0 Å². The van der Waals surface area contributed by atoms with Crippen LogP contribution in [0.4, 0.5) is 10.1 Å². The van der Waals surface area contributed by atoms with Gasteiger partial charge in [-0.3, -0.25) is 4.79 Å². The van der Waals surface area contributed by atoms with Crippen molar-refractivity contribution in [3.63, 3.8) is 0 Å². The van der Waals surface area contributed by atoms with Gasteiger partial charge in [0.1, 0.15) is 11.4 Å². The molecule has 1 aliphatic heterocycles. The van der Waals surface area contributed by atoms with Crippen molar-refractivity contribution in [2.45, 2.75) is 0 Å². The van der Waals surface area contributed by atoms with Crippen molar-refractivity contribution in [2.24, 2.45) is 7.05 Å². The molecule has 0 atom stereocenters. The normalized spacial score (nSPS) is 15.3. The average molecular weight is 306 g/mol. The first-order valence-corrected chi connectivity index (χ1v) is 6.88. The van der Waals surface area contributed by atoms with E-state index in [1.54, 1.807) is 13.1 Å². The fourth-order valence-corrected chi connectivity index (χ4v) is 2.69. The molecule has 0 radical (unpaired) electrons. The van der Waals surface area contributed by atoms with E-state index >= 15 is 0 Å². The molecule has 1 saturated heterocycles. The number of halogens is 1. The second-order valence-corrected chi connectivity index (χ2v) is 5.21. The Labute approximate surface area is 125 Å². The Bertz CT molecular complexity index is 809. The van der Waals surface area contributed by atoms with E-state index in [-0.39, 0.29) is 10.9 Å². The third-order valence-corrected chi connectivity index (χ3v) is 3.84. The number of pyridine rings is 1. The van der Waals surface area contributed by atoms with E-state index in [0.717, 1.165) is 6.07 Å². The molecule has 0 bridgehead atoms. The molecule has 7 heteroatoms. The van der Waals surface area contributed by atoms with E-state index in [1.807, 2.05) is 4.90 Å². The number of fused-ring (bicyclic) bond motifs is 1. The summed E-state index contributed by atoms with van der Waals surface area (Å²) < 4.78 is 21.2. The largest absolute Gasteiger partial charge is 0.477 e. The molecule has 0 saturated carbocycles. The number of ether oxygens (including phenoxy) is 1. The highest BCUT2D eigenvalue weighted by molar-refractivity contribution is 5.93. The molecule has 1 aliphatic rings. The number of rotatable bonds is 2. The summed E-state index contributed by atoms with van der Waals surface area (Å²) in [6, 6.07) is 2.71. The third-order valence-electron chi connectivity index (χ3n) is 3.84. The zero-order valence-corrected chi connectivity index (χ0v) is 12.0. The Morgan fingerprint density at radius 3 is 2.64 bits per heavy atom. The number of carbonyl (C=O) groups is 1. The molecule has 0 spiro atoms. The van der Waals surface area contributed by atoms with E-state index in [1.165, 1.54) is 10.8 Å². The summed E-state index contributed by atoms with van der Waals surface area (Å²) in [6.07, 6.45) is 1.26. The molecular formula is C15H15FN2O4. The van der Waals surface area contributed by atoms with Crippen LogP contribution in [0, 0.1) is 5.82 Å². The highest BCUT2D eigenvalue weighted by Crippen LogP contribution is 2.25. The number of aromatic nitrogens is 1. The van der Waals surface area contributed by atoms with Crippen molar-refractivity contribution >= 4 is 22.6 Å². The number of hydrogen-bond donors (Lipinski definition) is 1. The minimum Gasteiger partial charge on any atom is -0.477 e. The second kappa shape index (κ2) is 5.42. The topological polar surface area (TPSA) is 71.8 Å². The first kappa shape index (κ1) is 14.5. The van der Waals surface area contributed by atoms with Gasteiger partial charge in [-0.15, -0.1) is 0 Å². The van der Waals surface area contributed by atoms with Crippen LogP contribution in [0.1, 0.15) is 10.4 Å². The minimum absolute atomic E-state index is 0.0666. The lowest BCUT2D eigenvalue weighted by atomic mass is 10.1. The summed E-state index contributed by atoms with van der Waals surface area (Å²) in [5.41, 5.74) is -0.145. The maximum atomic E-state index is 14.4. The van der Waals surface area contributed by atoms with Crippen molar-refractivity contribution in [3.05, 3.63) is 39.9 Å². The van der Waals surface area contributed by atoms with E-state index in [4.69, 9.17) is 9.84 Å². The maximum absolute atomic E-state index is 14.4. The Morgan fingerprint density at radius 2 is 2.00 bits per heavy atom. The van der Waals surface area contributed by atoms with Gasteiger partial charge in [0.2, 0.25) is 5.43 Å². The quantitative estimate of drug-likeness (QED) is 0.903. The van der Waals surface area contributed by atoms with Gasteiger partial charge >= 0.3 is 5.97 Å². The van der Waals surface area contributed by atoms with Crippen LogP contribution >= 0.6 is 0 Å². The lowest BCUT2D eigenvalue weighted by molar-refractivity contribution is 0.0695. The van der Waals surface area contributed by atoms with Crippen LogP contribution in [0.25, 0.3) is 10.9 Å². The fraction of sp³-hybridized carbons (Fsp3) is 0.333. The van der Waals surface area contributed by atoms with Gasteiger partial charge < -0.3 is 19.3 Å². The first-order valence-electron chi connectivity index (χ1n) is 6.88. The number of hydrogen-bond acceptors (Lipinski definition) is 4. The van der Waals surface area contributed by atoms with Crippen molar-refractivity contribution in [3.8, 4) is 0 Å². The number of nitrogens with zero attached hydrogens (tertiary/aromatic N) is 2. The molecule has 3 rings (SSSR count). The number of aromatic carboxylic acids is 1. The summed E-state index contributed by atoms with van der Waals surface area (Å²) in [5, 5.41) is 9.11. The number of carboxylic acid groups (broad SMARTS) is 1. The zero-order valence-electron chi connectivity index (χ0n) is 12.0. The van der Waals surface area contributed by atoms with Gasteiger partial charge in [-0.25, -0.2) is 9.18 Å². The molecule has 1 aromatic carbocycles. The van der Waals surface area contributed by atoms with Gasteiger partial charge in [0, 0.05) is 31.7 Å². The summed E-state index contributed by atoms with van der Waals surface area (Å²) in [5.74, 6) is -1.85. The molecular weight excluding hydrogens is 291 g/mol. The van der Waals surface area contributed by atoms with Crippen LogP contribution in [-0.4, -0.2) is 41.9 Å². The smallest absolute Gasteiger partial charge is 0.341 e. The number of morpholine rings is 1. The Balaban J connectivity index is 2.22. The molecule has 6 nitrogen and oxygen atoms in total. The monoisotopic (exact) mass is 306 g/mol. The number of aryl methyl sites for hydroxylation is 1. The number of carboxylic acids is 1. The Morgan fingerprint density at radius 1 is 1.32 bits per heavy atom. The van der Waals surface area contributed by atoms with E-state index in [2.05, 4.69) is 0 Å². The standard InChI is InChI=1S/C15H15FN2O4/c1-17-8-10(15(20)21)14(19)9-6-11(16)13(7-12(9)17)18-2-4-22-5-3-18/h6-8H,2-5H2,1H3,(H,20,21). The Kier molecular flexibility index (Phi) is 3.58. The molecule has 0 amide bonds. The van der Waals surface area contributed by atoms with Crippen molar-refractivity contribution in [2.75, 3.05) is 31.2 Å². The molecule has 1 fully saturated rings. The number of anilines is 1. The lowest BCUT2D eigenvalue weighted by Crippen LogP contribution is -2.36. The summed E-state index contributed by atoms with van der Waals surface area (Å²) >= 11 is 0. The molecule has 1 aromatic heterocycles. The second-order valence-electron chi connectivity index (χ2n) is 5.21. The molecule has 1 N–H and O–H groups in total.